The van der Waals surface area contributed by atoms with Crippen LogP contribution in [0.25, 0.3) is 11.2 Å². The van der Waals surface area contributed by atoms with E-state index < -0.39 is 0 Å². The normalized spacial score (nSPS) is 11.1. The van der Waals surface area contributed by atoms with Crippen LogP contribution in [-0.2, 0) is 13.0 Å². The van der Waals surface area contributed by atoms with Crippen molar-refractivity contribution in [1.82, 2.24) is 19.5 Å². The van der Waals surface area contributed by atoms with Gasteiger partial charge in [0.15, 0.2) is 16.6 Å². The van der Waals surface area contributed by atoms with Crippen molar-refractivity contribution >= 4 is 28.7 Å². The second kappa shape index (κ2) is 10.6. The van der Waals surface area contributed by atoms with Crippen LogP contribution in [0.5, 0.6) is 5.75 Å². The lowest BCUT2D eigenvalue weighted by atomic mass is 10.1. The predicted molar refractivity (Wildman–Crippen MR) is 135 cm³/mol. The monoisotopic (exact) mass is 463 g/mol. The van der Waals surface area contributed by atoms with E-state index >= 15 is 0 Å². The largest absolute Gasteiger partial charge is 0.497 e. The summed E-state index contributed by atoms with van der Waals surface area (Å²) in [5.74, 6) is 2.42. The number of rotatable bonds is 10. The first-order valence-electron chi connectivity index (χ1n) is 11.1. The second-order valence-corrected chi connectivity index (χ2v) is 8.99. The summed E-state index contributed by atoms with van der Waals surface area (Å²) >= 11 is 1.60. The Morgan fingerprint density at radius 1 is 1.06 bits per heavy atom. The summed E-state index contributed by atoms with van der Waals surface area (Å²) in [6.07, 6.45) is 1.84. The first-order chi connectivity index (χ1) is 16.1. The molecule has 0 saturated carbocycles. The average molecular weight is 464 g/mol. The summed E-state index contributed by atoms with van der Waals surface area (Å²) in [5, 5.41) is 4.09. The van der Waals surface area contributed by atoms with Gasteiger partial charge in [-0.1, -0.05) is 60.6 Å². The minimum absolute atomic E-state index is 0.185. The molecular formula is C25H29N5O2S. The van der Waals surface area contributed by atoms with Crippen LogP contribution in [0, 0.1) is 6.92 Å². The zero-order valence-corrected chi connectivity index (χ0v) is 20.0. The molecule has 2 aromatic heterocycles. The number of H-pyrrole nitrogens is 1. The van der Waals surface area contributed by atoms with E-state index in [1.165, 1.54) is 11.1 Å². The maximum Gasteiger partial charge on any atom is 0.328 e. The molecule has 0 unspecified atom stereocenters. The molecule has 0 spiro atoms. The van der Waals surface area contributed by atoms with Crippen LogP contribution in [0.4, 0.5) is 5.82 Å². The van der Waals surface area contributed by atoms with E-state index in [0.29, 0.717) is 35.2 Å². The van der Waals surface area contributed by atoms with Gasteiger partial charge in [0.05, 0.1) is 13.7 Å². The number of hydrogen-bond donors (Lipinski definition) is 2. The fourth-order valence-electron chi connectivity index (χ4n) is 3.54. The highest BCUT2D eigenvalue weighted by Gasteiger charge is 2.16. The summed E-state index contributed by atoms with van der Waals surface area (Å²) < 4.78 is 6.91. The Balaban J connectivity index is 1.61. The van der Waals surface area contributed by atoms with Crippen molar-refractivity contribution in [3.63, 3.8) is 0 Å². The highest BCUT2D eigenvalue weighted by molar-refractivity contribution is 7.99. The highest BCUT2D eigenvalue weighted by atomic mass is 32.2. The number of aromatic nitrogens is 4. The lowest BCUT2D eigenvalue weighted by Crippen LogP contribution is -2.17. The van der Waals surface area contributed by atoms with Gasteiger partial charge in [-0.25, -0.2) is 14.8 Å². The Morgan fingerprint density at radius 3 is 2.48 bits per heavy atom. The molecule has 0 radical (unpaired) electrons. The minimum Gasteiger partial charge on any atom is -0.497 e. The van der Waals surface area contributed by atoms with Gasteiger partial charge in [0.2, 0.25) is 0 Å². The highest BCUT2D eigenvalue weighted by Crippen LogP contribution is 2.23. The molecule has 0 fully saturated rings. The van der Waals surface area contributed by atoms with E-state index in [2.05, 4.69) is 48.4 Å². The van der Waals surface area contributed by atoms with Crippen molar-refractivity contribution in [2.45, 2.75) is 38.4 Å². The quantitative estimate of drug-likeness (QED) is 0.263. The molecule has 0 aliphatic heterocycles. The minimum atomic E-state index is -0.185. The molecule has 33 heavy (non-hydrogen) atoms. The van der Waals surface area contributed by atoms with Crippen molar-refractivity contribution in [2.24, 2.45) is 0 Å². The summed E-state index contributed by atoms with van der Waals surface area (Å²) in [4.78, 5) is 25.2. The molecule has 172 valence electrons. The molecule has 4 rings (SSSR count). The third-order valence-corrected chi connectivity index (χ3v) is 6.42. The SMILES string of the molecule is CCCSc1nc(NCCc2ccc(OC)cc2)c2[nH]c(=O)n(Cc3ccc(C)cc3)c2n1. The number of hydrogen-bond acceptors (Lipinski definition) is 6. The first-order valence-corrected chi connectivity index (χ1v) is 12.1. The lowest BCUT2D eigenvalue weighted by molar-refractivity contribution is 0.414. The first kappa shape index (κ1) is 22.9. The molecule has 2 heterocycles. The molecule has 0 amide bonds. The maximum absolute atomic E-state index is 12.8. The molecule has 8 heteroatoms. The number of aromatic amines is 1. The van der Waals surface area contributed by atoms with Gasteiger partial charge >= 0.3 is 5.69 Å². The number of ether oxygens (including phenoxy) is 1. The Morgan fingerprint density at radius 2 is 1.79 bits per heavy atom. The smallest absolute Gasteiger partial charge is 0.328 e. The van der Waals surface area contributed by atoms with Gasteiger partial charge in [-0.05, 0) is 43.0 Å². The number of imidazole rings is 1. The standard InChI is InChI=1S/C25H29N5O2S/c1-4-15-33-24-28-22(26-14-13-18-9-11-20(32-3)12-10-18)21-23(29-24)30(25(31)27-21)16-19-7-5-17(2)6-8-19/h5-12H,4,13-16H2,1-3H3,(H,27,31)(H,26,28,29). The molecule has 0 aliphatic carbocycles. The molecule has 0 saturated heterocycles. The van der Waals surface area contributed by atoms with Crippen LogP contribution in [0.3, 0.4) is 0 Å². The van der Waals surface area contributed by atoms with E-state index in [9.17, 15) is 4.79 Å². The van der Waals surface area contributed by atoms with E-state index in [4.69, 9.17) is 14.7 Å². The van der Waals surface area contributed by atoms with Gasteiger partial charge in [0.25, 0.3) is 0 Å². The second-order valence-electron chi connectivity index (χ2n) is 7.93. The number of nitrogens with one attached hydrogen (secondary N) is 2. The van der Waals surface area contributed by atoms with Crippen LogP contribution >= 0.6 is 11.8 Å². The Bertz CT molecular complexity index is 1260. The Kier molecular flexibility index (Phi) is 7.34. The van der Waals surface area contributed by atoms with E-state index in [1.807, 2.05) is 24.3 Å². The zero-order valence-electron chi connectivity index (χ0n) is 19.2. The van der Waals surface area contributed by atoms with Gasteiger partial charge in [-0.15, -0.1) is 0 Å². The van der Waals surface area contributed by atoms with Crippen LogP contribution in [-0.4, -0.2) is 38.9 Å². The van der Waals surface area contributed by atoms with Crippen molar-refractivity contribution < 1.29 is 4.74 Å². The van der Waals surface area contributed by atoms with Gasteiger partial charge in [-0.3, -0.25) is 4.57 Å². The summed E-state index contributed by atoms with van der Waals surface area (Å²) in [5.41, 5.74) is 4.52. The van der Waals surface area contributed by atoms with Crippen molar-refractivity contribution in [1.29, 1.82) is 0 Å². The topological polar surface area (TPSA) is 84.8 Å². The van der Waals surface area contributed by atoms with E-state index in [1.54, 1.807) is 23.4 Å². The molecule has 4 aromatic rings. The number of fused-ring (bicyclic) bond motifs is 1. The lowest BCUT2D eigenvalue weighted by Gasteiger charge is -2.10. The third kappa shape index (κ3) is 5.57. The van der Waals surface area contributed by atoms with Gasteiger partial charge in [-0.2, -0.15) is 0 Å². The Labute approximate surface area is 197 Å². The average Bonchev–Trinajstić information content (AvgIpc) is 3.14. The fourth-order valence-corrected chi connectivity index (χ4v) is 4.23. The van der Waals surface area contributed by atoms with Crippen LogP contribution in [0.15, 0.2) is 58.5 Å². The zero-order chi connectivity index (χ0) is 23.2. The van der Waals surface area contributed by atoms with Crippen LogP contribution in [0.2, 0.25) is 0 Å². The summed E-state index contributed by atoms with van der Waals surface area (Å²) in [6, 6.07) is 16.2. The number of methoxy groups -OCH3 is 1. The Hall–Kier alpha value is -3.26. The molecular weight excluding hydrogens is 434 g/mol. The van der Waals surface area contributed by atoms with Gasteiger partial charge in [0.1, 0.15) is 11.3 Å². The fraction of sp³-hybridized carbons (Fsp3) is 0.320. The number of thioether (sulfide) groups is 1. The van der Waals surface area contributed by atoms with Crippen molar-refractivity contribution in [3.05, 3.63) is 75.7 Å². The number of benzene rings is 2. The molecule has 2 aromatic carbocycles. The summed E-state index contributed by atoms with van der Waals surface area (Å²) in [7, 11) is 1.66. The van der Waals surface area contributed by atoms with Gasteiger partial charge in [0, 0.05) is 12.3 Å². The molecule has 0 bridgehead atoms. The maximum atomic E-state index is 12.8. The number of aryl methyl sites for hydroxylation is 1. The predicted octanol–water partition coefficient (Wildman–Crippen LogP) is 4.64. The molecule has 2 N–H and O–H groups in total. The van der Waals surface area contributed by atoms with E-state index in [0.717, 1.165) is 29.9 Å². The third-order valence-electron chi connectivity index (χ3n) is 5.36. The van der Waals surface area contributed by atoms with Crippen LogP contribution < -0.4 is 15.7 Å². The molecule has 0 aliphatic rings. The molecule has 7 nitrogen and oxygen atoms in total. The van der Waals surface area contributed by atoms with E-state index in [-0.39, 0.29) is 5.69 Å². The van der Waals surface area contributed by atoms with Crippen LogP contribution in [0.1, 0.15) is 30.0 Å². The number of anilines is 1. The van der Waals surface area contributed by atoms with Crippen molar-refractivity contribution in [2.75, 3.05) is 24.7 Å². The molecule has 0 atom stereocenters. The number of nitrogens with zero attached hydrogens (tertiary/aromatic N) is 3. The van der Waals surface area contributed by atoms with Crippen molar-refractivity contribution in [3.8, 4) is 5.75 Å². The summed E-state index contributed by atoms with van der Waals surface area (Å²) in [6.45, 7) is 5.32. The van der Waals surface area contributed by atoms with Gasteiger partial charge < -0.3 is 15.0 Å².